The topological polar surface area (TPSA) is 41.1 Å². The normalized spacial score (nSPS) is 12.2. The van der Waals surface area contributed by atoms with Crippen LogP contribution in [0.5, 0.6) is 0 Å². The molecule has 0 spiro atoms. The molecule has 19 heavy (non-hydrogen) atoms. The lowest BCUT2D eigenvalue weighted by atomic mass is 10.1. The van der Waals surface area contributed by atoms with Crippen LogP contribution in [0.1, 0.15) is 38.3 Å². The maximum Gasteiger partial charge on any atom is 0.230 e. The van der Waals surface area contributed by atoms with Crippen molar-refractivity contribution in [1.29, 1.82) is 0 Å². The number of benzene rings is 1. The molecule has 0 saturated heterocycles. The number of carbonyl (C=O) groups is 1. The van der Waals surface area contributed by atoms with E-state index in [-0.39, 0.29) is 5.91 Å². The third kappa shape index (κ3) is 6.12. The minimum absolute atomic E-state index is 0.116. The Kier molecular flexibility index (Phi) is 7.60. The lowest BCUT2D eigenvalue weighted by molar-refractivity contribution is -0.118. The highest BCUT2D eigenvalue weighted by molar-refractivity contribution is 8.00. The fraction of sp³-hybridized carbons (Fsp3) is 0.533. The molecule has 106 valence electrons. The molecule has 2 N–H and O–H groups in total. The summed E-state index contributed by atoms with van der Waals surface area (Å²) >= 11 is 1.59. The van der Waals surface area contributed by atoms with Crippen molar-refractivity contribution in [3.05, 3.63) is 29.8 Å². The van der Waals surface area contributed by atoms with E-state index in [9.17, 15) is 4.79 Å². The van der Waals surface area contributed by atoms with Crippen molar-refractivity contribution in [3.8, 4) is 0 Å². The number of rotatable bonds is 8. The lowest BCUT2D eigenvalue weighted by Crippen LogP contribution is -2.25. The molecule has 0 aromatic heterocycles. The SMILES string of the molecule is CCCCNC(=O)CSc1cccc(C(C)NC)c1. The minimum Gasteiger partial charge on any atom is -0.355 e. The first-order chi connectivity index (χ1) is 9.17. The van der Waals surface area contributed by atoms with E-state index in [0.29, 0.717) is 11.8 Å². The summed E-state index contributed by atoms with van der Waals surface area (Å²) in [7, 11) is 1.95. The lowest BCUT2D eigenvalue weighted by Gasteiger charge is -2.11. The van der Waals surface area contributed by atoms with Crippen LogP contribution in [-0.4, -0.2) is 25.3 Å². The van der Waals surface area contributed by atoms with Crippen molar-refractivity contribution in [1.82, 2.24) is 10.6 Å². The van der Waals surface area contributed by atoms with Crippen molar-refractivity contribution in [2.75, 3.05) is 19.3 Å². The van der Waals surface area contributed by atoms with E-state index in [0.717, 1.165) is 24.3 Å². The van der Waals surface area contributed by atoms with Gasteiger partial charge in [0.15, 0.2) is 0 Å². The first kappa shape index (κ1) is 16.1. The van der Waals surface area contributed by atoms with Gasteiger partial charge in [-0.1, -0.05) is 25.5 Å². The Hall–Kier alpha value is -1.00. The summed E-state index contributed by atoms with van der Waals surface area (Å²) in [5.41, 5.74) is 1.25. The van der Waals surface area contributed by atoms with Gasteiger partial charge in [-0.05, 0) is 38.1 Å². The van der Waals surface area contributed by atoms with Crippen LogP contribution in [-0.2, 0) is 4.79 Å². The predicted molar refractivity (Wildman–Crippen MR) is 82.6 cm³/mol. The van der Waals surface area contributed by atoms with E-state index in [1.54, 1.807) is 11.8 Å². The van der Waals surface area contributed by atoms with Gasteiger partial charge in [0.05, 0.1) is 5.75 Å². The van der Waals surface area contributed by atoms with E-state index >= 15 is 0 Å². The molecule has 1 aromatic rings. The Balaban J connectivity index is 2.42. The summed E-state index contributed by atoms with van der Waals surface area (Å²) in [5.74, 6) is 0.603. The second-order valence-corrected chi connectivity index (χ2v) is 5.62. The van der Waals surface area contributed by atoms with E-state index in [1.807, 2.05) is 13.1 Å². The van der Waals surface area contributed by atoms with Crippen LogP contribution >= 0.6 is 11.8 Å². The molecule has 0 aliphatic rings. The molecule has 3 nitrogen and oxygen atoms in total. The Morgan fingerprint density at radius 3 is 2.89 bits per heavy atom. The zero-order chi connectivity index (χ0) is 14.1. The van der Waals surface area contributed by atoms with Crippen molar-refractivity contribution in [3.63, 3.8) is 0 Å². The molecule has 1 amide bonds. The maximum absolute atomic E-state index is 11.6. The molecule has 0 aliphatic carbocycles. The van der Waals surface area contributed by atoms with Gasteiger partial charge in [0, 0.05) is 17.5 Å². The summed E-state index contributed by atoms with van der Waals surface area (Å²) in [4.78, 5) is 12.8. The van der Waals surface area contributed by atoms with Gasteiger partial charge in [0.1, 0.15) is 0 Å². The summed E-state index contributed by atoms with van der Waals surface area (Å²) in [5, 5.41) is 6.15. The standard InChI is InChI=1S/C15H24N2OS/c1-4-5-9-17-15(18)11-19-14-8-6-7-13(10-14)12(2)16-3/h6-8,10,12,16H,4-5,9,11H2,1-3H3,(H,17,18). The quantitative estimate of drug-likeness (QED) is 0.568. The number of thioether (sulfide) groups is 1. The van der Waals surface area contributed by atoms with E-state index in [2.05, 4.69) is 42.7 Å². The van der Waals surface area contributed by atoms with Crippen LogP contribution in [0.3, 0.4) is 0 Å². The molecule has 0 heterocycles. The minimum atomic E-state index is 0.116. The van der Waals surface area contributed by atoms with Crippen LogP contribution < -0.4 is 10.6 Å². The summed E-state index contributed by atoms with van der Waals surface area (Å²) in [6.45, 7) is 5.03. The number of carbonyl (C=O) groups excluding carboxylic acids is 1. The Labute approximate surface area is 120 Å². The third-order valence-electron chi connectivity index (χ3n) is 3.01. The molecule has 0 fully saturated rings. The Bertz CT molecular complexity index is 395. The van der Waals surface area contributed by atoms with Gasteiger partial charge in [0.25, 0.3) is 0 Å². The fourth-order valence-corrected chi connectivity index (χ4v) is 2.44. The highest BCUT2D eigenvalue weighted by Gasteiger charge is 2.05. The molecular weight excluding hydrogens is 256 g/mol. The van der Waals surface area contributed by atoms with Gasteiger partial charge in [-0.25, -0.2) is 0 Å². The van der Waals surface area contributed by atoms with Crippen molar-refractivity contribution in [2.45, 2.75) is 37.6 Å². The molecule has 0 saturated carbocycles. The second kappa shape index (κ2) is 8.99. The number of nitrogens with one attached hydrogen (secondary N) is 2. The zero-order valence-corrected chi connectivity index (χ0v) is 12.8. The highest BCUT2D eigenvalue weighted by Crippen LogP contribution is 2.22. The molecule has 1 unspecified atom stereocenters. The van der Waals surface area contributed by atoms with Gasteiger partial charge in [-0.15, -0.1) is 11.8 Å². The van der Waals surface area contributed by atoms with Gasteiger partial charge in [-0.2, -0.15) is 0 Å². The van der Waals surface area contributed by atoms with Crippen molar-refractivity contribution < 1.29 is 4.79 Å². The first-order valence-corrected chi connectivity index (χ1v) is 7.82. The monoisotopic (exact) mass is 280 g/mol. The van der Waals surface area contributed by atoms with E-state index in [4.69, 9.17) is 0 Å². The smallest absolute Gasteiger partial charge is 0.230 e. The van der Waals surface area contributed by atoms with E-state index < -0.39 is 0 Å². The van der Waals surface area contributed by atoms with E-state index in [1.165, 1.54) is 5.56 Å². The molecule has 1 aromatic carbocycles. The highest BCUT2D eigenvalue weighted by atomic mass is 32.2. The number of hydrogen-bond donors (Lipinski definition) is 2. The maximum atomic E-state index is 11.6. The van der Waals surface area contributed by atoms with Gasteiger partial charge in [-0.3, -0.25) is 4.79 Å². The van der Waals surface area contributed by atoms with Crippen LogP contribution in [0.4, 0.5) is 0 Å². The molecular formula is C15H24N2OS. The fourth-order valence-electron chi connectivity index (χ4n) is 1.64. The van der Waals surface area contributed by atoms with Gasteiger partial charge in [0.2, 0.25) is 5.91 Å². The number of amides is 1. The molecule has 1 rings (SSSR count). The van der Waals surface area contributed by atoms with Crippen molar-refractivity contribution >= 4 is 17.7 Å². The predicted octanol–water partition coefficient (Wildman–Crippen LogP) is 2.98. The molecule has 4 heteroatoms. The van der Waals surface area contributed by atoms with Crippen molar-refractivity contribution in [2.24, 2.45) is 0 Å². The largest absolute Gasteiger partial charge is 0.355 e. The second-order valence-electron chi connectivity index (χ2n) is 4.58. The molecule has 0 radical (unpaired) electrons. The zero-order valence-electron chi connectivity index (χ0n) is 12.0. The number of unbranched alkanes of at least 4 members (excludes halogenated alkanes) is 1. The van der Waals surface area contributed by atoms with Gasteiger partial charge >= 0.3 is 0 Å². The molecule has 0 aliphatic heterocycles. The van der Waals surface area contributed by atoms with Crippen LogP contribution in [0, 0.1) is 0 Å². The number of hydrogen-bond acceptors (Lipinski definition) is 3. The van der Waals surface area contributed by atoms with Crippen LogP contribution in [0.2, 0.25) is 0 Å². The average Bonchev–Trinajstić information content (AvgIpc) is 2.45. The summed E-state index contributed by atoms with van der Waals surface area (Å²) < 4.78 is 0. The van der Waals surface area contributed by atoms with Gasteiger partial charge < -0.3 is 10.6 Å². The Morgan fingerprint density at radius 2 is 2.21 bits per heavy atom. The van der Waals surface area contributed by atoms with Crippen LogP contribution in [0.25, 0.3) is 0 Å². The van der Waals surface area contributed by atoms with Crippen LogP contribution in [0.15, 0.2) is 29.2 Å². The third-order valence-corrected chi connectivity index (χ3v) is 4.01. The summed E-state index contributed by atoms with van der Waals surface area (Å²) in [6.07, 6.45) is 2.16. The molecule has 0 bridgehead atoms. The summed E-state index contributed by atoms with van der Waals surface area (Å²) in [6, 6.07) is 8.67. The average molecular weight is 280 g/mol. The first-order valence-electron chi connectivity index (χ1n) is 6.84. The Morgan fingerprint density at radius 1 is 1.42 bits per heavy atom. The molecule has 1 atom stereocenters.